The molecule has 0 saturated carbocycles. The standard InChI is InChI=1S/C54H95N21O16/c1-26(2)20-36(49(88)71-34(14-11-19-63-54(59)60)46(85)70-32(12-8-9-17-55)47(86)74-38(23-76)42(56)81)72-50(89)37(21-31-22-61-25-64-31)73-52(91)41(27(3)4)75-48(87)35(15-16-40(79)80)69-44(83)28(5)65-45(84)33(13-10-18-62-53(57)58)68-43(82)29(6)66-51(90)39(24-77)67-30(7)78/h22,25-29,32-39,41,76-77H,8-21,23-24,55H2,1-7H3,(H2,56,81)(H,61,64)(H,65,84)(H,66,90)(H,67,78)(H,68,82)(H,69,83)(H,70,85)(H,71,88)(H,72,89)(H,73,91)(H,74,86)(H,75,87)(H,79,80)(H4,57,58,62)(H4,59,60,63)/t28-,29-,32-,33-,34-,35-,36-,37-,38-,39-,41-/m0/s1. The molecule has 0 bridgehead atoms. The number of nitrogens with two attached hydrogens (primary N) is 6. The topological polar surface area (TPSA) is 624 Å². The van der Waals surface area contributed by atoms with E-state index in [1.165, 1.54) is 40.2 Å². The van der Waals surface area contributed by atoms with Gasteiger partial charge in [0.2, 0.25) is 70.9 Å². The monoisotopic (exact) mass is 1290 g/mol. The van der Waals surface area contributed by atoms with Gasteiger partial charge in [0.05, 0.1) is 19.5 Å². The molecule has 512 valence electrons. The summed E-state index contributed by atoms with van der Waals surface area (Å²) in [5.41, 5.74) is 33.1. The molecule has 1 aromatic rings. The van der Waals surface area contributed by atoms with Crippen molar-refractivity contribution in [1.29, 1.82) is 0 Å². The Bertz CT molecular complexity index is 2650. The van der Waals surface area contributed by atoms with Crippen molar-refractivity contribution in [3.63, 3.8) is 0 Å². The third-order valence-corrected chi connectivity index (χ3v) is 13.4. The number of carbonyl (C=O) groups is 13. The normalized spacial score (nSPS) is 14.6. The van der Waals surface area contributed by atoms with Gasteiger partial charge in [-0.05, 0) is 90.0 Å². The van der Waals surface area contributed by atoms with Crippen LogP contribution in [0.3, 0.4) is 0 Å². The first kappa shape index (κ1) is 79.8. The van der Waals surface area contributed by atoms with Crippen molar-refractivity contribution in [3.05, 3.63) is 18.2 Å². The summed E-state index contributed by atoms with van der Waals surface area (Å²) in [6.45, 7) is 8.74. The Labute approximate surface area is 526 Å². The molecule has 1 aromatic heterocycles. The summed E-state index contributed by atoms with van der Waals surface area (Å²) in [6.07, 6.45) is 1.90. The molecular weight excluding hydrogens is 1200 g/mol. The second kappa shape index (κ2) is 41.9. The van der Waals surface area contributed by atoms with E-state index in [0.29, 0.717) is 18.5 Å². The predicted molar refractivity (Wildman–Crippen MR) is 328 cm³/mol. The van der Waals surface area contributed by atoms with Gasteiger partial charge in [-0.15, -0.1) is 0 Å². The molecule has 0 aliphatic heterocycles. The maximum atomic E-state index is 14.5. The van der Waals surface area contributed by atoms with Gasteiger partial charge in [-0.1, -0.05) is 27.7 Å². The van der Waals surface area contributed by atoms with Gasteiger partial charge >= 0.3 is 5.97 Å². The molecule has 0 spiro atoms. The number of nitrogens with zero attached hydrogens (tertiary/aromatic N) is 3. The van der Waals surface area contributed by atoms with Crippen molar-refractivity contribution in [2.24, 2.45) is 56.2 Å². The Hall–Kier alpha value is -9.26. The molecule has 1 rings (SSSR count). The van der Waals surface area contributed by atoms with Gasteiger partial charge < -0.3 is 113 Å². The number of aromatic nitrogens is 2. The maximum absolute atomic E-state index is 14.5. The molecular formula is C54H95N21O16. The number of carbonyl (C=O) groups excluding carboxylic acids is 12. The molecule has 91 heavy (non-hydrogen) atoms. The lowest BCUT2D eigenvalue weighted by atomic mass is 9.99. The number of nitrogens with one attached hydrogen (secondary N) is 12. The number of rotatable bonds is 44. The van der Waals surface area contributed by atoms with Gasteiger partial charge in [-0.25, -0.2) is 4.98 Å². The molecule has 0 aliphatic carbocycles. The molecule has 1 heterocycles. The van der Waals surface area contributed by atoms with E-state index >= 15 is 0 Å². The number of primary amides is 1. The van der Waals surface area contributed by atoms with Gasteiger partial charge in [0.25, 0.3) is 0 Å². The lowest BCUT2D eigenvalue weighted by Gasteiger charge is -2.29. The molecule has 0 saturated heterocycles. The summed E-state index contributed by atoms with van der Waals surface area (Å²) >= 11 is 0. The zero-order valence-electron chi connectivity index (χ0n) is 52.4. The van der Waals surface area contributed by atoms with E-state index in [0.717, 1.165) is 6.92 Å². The van der Waals surface area contributed by atoms with E-state index in [1.54, 1.807) is 13.8 Å². The molecule has 0 aromatic carbocycles. The van der Waals surface area contributed by atoms with Crippen LogP contribution in [0, 0.1) is 11.8 Å². The molecule has 12 amide bonds. The summed E-state index contributed by atoms with van der Waals surface area (Å²) in [5.74, 6) is -14.0. The van der Waals surface area contributed by atoms with Crippen LogP contribution in [0.1, 0.15) is 118 Å². The minimum absolute atomic E-state index is 0.000566. The number of amides is 12. The molecule has 0 fully saturated rings. The summed E-state index contributed by atoms with van der Waals surface area (Å²) in [7, 11) is 0. The SMILES string of the molecule is CC(=O)N[C@@H](CO)C(=O)N[C@@H](C)C(=O)N[C@@H](CCCN=C(N)N)C(=O)N[C@@H](C)C(=O)N[C@@H](CCC(=O)O)C(=O)N[C@H](C(=O)N[C@@H](Cc1cnc[nH]1)C(=O)N[C@@H](CC(C)C)C(=O)N[C@@H](CCCN=C(N)N)C(=O)N[C@@H](CCCCN)C(=O)N[C@@H](CO)C(N)=O)C(C)C. The number of carboxylic acid groups (broad SMARTS) is 1. The maximum Gasteiger partial charge on any atom is 0.303 e. The van der Waals surface area contributed by atoms with Crippen LogP contribution in [0.15, 0.2) is 22.5 Å². The number of hydrogen-bond donors (Lipinski definition) is 21. The van der Waals surface area contributed by atoms with Crippen LogP contribution in [0.2, 0.25) is 0 Å². The van der Waals surface area contributed by atoms with Crippen LogP contribution in [0.5, 0.6) is 0 Å². The minimum atomic E-state index is -1.67. The first-order valence-corrected chi connectivity index (χ1v) is 29.6. The molecule has 27 N–H and O–H groups in total. The molecule has 37 nitrogen and oxygen atoms in total. The number of guanidine groups is 2. The van der Waals surface area contributed by atoms with Crippen LogP contribution in [-0.2, 0) is 68.7 Å². The summed E-state index contributed by atoms with van der Waals surface area (Å²) < 4.78 is 0. The van der Waals surface area contributed by atoms with Crippen molar-refractivity contribution >= 4 is 88.8 Å². The zero-order valence-corrected chi connectivity index (χ0v) is 52.4. The zero-order chi connectivity index (χ0) is 69.1. The Morgan fingerprint density at radius 1 is 0.495 bits per heavy atom. The highest BCUT2D eigenvalue weighted by molar-refractivity contribution is 5.99. The number of unbranched alkanes of at least 4 members (excludes halogenated alkanes) is 1. The number of imidazole rings is 1. The summed E-state index contributed by atoms with van der Waals surface area (Å²) in [5, 5.41) is 56.0. The van der Waals surface area contributed by atoms with E-state index in [1.807, 2.05) is 0 Å². The van der Waals surface area contributed by atoms with Gasteiger partial charge in [-0.2, -0.15) is 0 Å². The Balaban J connectivity index is 3.57. The number of H-pyrrole nitrogens is 1. The molecule has 0 unspecified atom stereocenters. The second-order valence-corrected chi connectivity index (χ2v) is 22.2. The molecule has 11 atom stereocenters. The van der Waals surface area contributed by atoms with Gasteiger partial charge in [0.1, 0.15) is 66.5 Å². The highest BCUT2D eigenvalue weighted by Crippen LogP contribution is 2.13. The van der Waals surface area contributed by atoms with Crippen LogP contribution < -0.4 is 92.9 Å². The lowest BCUT2D eigenvalue weighted by Crippen LogP contribution is -2.61. The third kappa shape index (κ3) is 31.7. The van der Waals surface area contributed by atoms with Crippen molar-refractivity contribution < 1.29 is 77.6 Å². The van der Waals surface area contributed by atoms with Crippen LogP contribution in [-0.4, -0.2) is 213 Å². The number of aliphatic imine (C=N–C) groups is 2. The van der Waals surface area contributed by atoms with E-state index in [9.17, 15) is 77.6 Å². The van der Waals surface area contributed by atoms with E-state index in [4.69, 9.17) is 34.4 Å². The smallest absolute Gasteiger partial charge is 0.303 e. The number of carboxylic acids is 1. The Morgan fingerprint density at radius 3 is 1.32 bits per heavy atom. The number of aliphatic carboxylic acids is 1. The second-order valence-electron chi connectivity index (χ2n) is 22.2. The van der Waals surface area contributed by atoms with E-state index in [2.05, 4.69) is 78.4 Å². The number of hydrogen-bond acceptors (Lipinski definition) is 19. The Kier molecular flexibility index (Phi) is 36.7. The first-order valence-electron chi connectivity index (χ1n) is 29.6. The summed E-state index contributed by atoms with van der Waals surface area (Å²) in [4.78, 5) is 188. The van der Waals surface area contributed by atoms with Gasteiger partial charge in [-0.3, -0.25) is 72.3 Å². The predicted octanol–water partition coefficient (Wildman–Crippen LogP) is -8.38. The van der Waals surface area contributed by atoms with Crippen molar-refractivity contribution in [2.45, 2.75) is 186 Å². The van der Waals surface area contributed by atoms with Crippen LogP contribution in [0.4, 0.5) is 0 Å². The summed E-state index contributed by atoms with van der Waals surface area (Å²) in [6, 6.07) is -15.9. The quantitative estimate of drug-likeness (QED) is 0.0164. The average molecular weight is 1290 g/mol. The number of aliphatic hydroxyl groups is 2. The number of aliphatic hydroxyl groups excluding tert-OH is 2. The fourth-order valence-electron chi connectivity index (χ4n) is 8.51. The van der Waals surface area contributed by atoms with E-state index in [-0.39, 0.29) is 82.4 Å². The molecule has 0 aliphatic rings. The minimum Gasteiger partial charge on any atom is -0.481 e. The lowest BCUT2D eigenvalue weighted by molar-refractivity contribution is -0.139. The fraction of sp³-hybridized carbons (Fsp3) is 0.667. The first-order chi connectivity index (χ1) is 42.7. The average Bonchev–Trinajstić information content (AvgIpc) is 4.05. The van der Waals surface area contributed by atoms with Crippen molar-refractivity contribution in [2.75, 3.05) is 32.8 Å². The highest BCUT2D eigenvalue weighted by atomic mass is 16.4. The van der Waals surface area contributed by atoms with Crippen molar-refractivity contribution in [1.82, 2.24) is 68.5 Å². The van der Waals surface area contributed by atoms with Gasteiger partial charge in [0.15, 0.2) is 11.9 Å². The van der Waals surface area contributed by atoms with E-state index < -0.39 is 175 Å². The van der Waals surface area contributed by atoms with Gasteiger partial charge in [0, 0.05) is 44.7 Å². The largest absolute Gasteiger partial charge is 0.481 e. The fourth-order valence-corrected chi connectivity index (χ4v) is 8.51. The van der Waals surface area contributed by atoms with Crippen molar-refractivity contribution in [3.8, 4) is 0 Å². The molecule has 37 heteroatoms. The highest BCUT2D eigenvalue weighted by Gasteiger charge is 2.37. The molecule has 0 radical (unpaired) electrons. The number of aromatic amines is 1. The van der Waals surface area contributed by atoms with Crippen LogP contribution in [0.25, 0.3) is 0 Å². The Morgan fingerprint density at radius 2 is 0.901 bits per heavy atom. The van der Waals surface area contributed by atoms with Crippen LogP contribution >= 0.6 is 0 Å². The third-order valence-electron chi connectivity index (χ3n) is 13.4.